The lowest BCUT2D eigenvalue weighted by Gasteiger charge is -2.33. The molecule has 1 aromatic heterocycles. The number of carbonyl (C=O) groups is 4. The van der Waals surface area contributed by atoms with Crippen LogP contribution in [0.5, 0.6) is 17.5 Å². The summed E-state index contributed by atoms with van der Waals surface area (Å²) in [6.07, 6.45) is 6.74. The van der Waals surface area contributed by atoms with E-state index in [2.05, 4.69) is 22.3 Å². The highest BCUT2D eigenvalue weighted by atomic mass is 32.2. The van der Waals surface area contributed by atoms with Gasteiger partial charge in [0.05, 0.1) is 25.0 Å². The van der Waals surface area contributed by atoms with Gasteiger partial charge in [-0.05, 0) is 93.7 Å². The molecule has 4 N–H and O–H groups in total. The molecule has 3 fully saturated rings. The highest BCUT2D eigenvalue weighted by Gasteiger charge is 2.63. The summed E-state index contributed by atoms with van der Waals surface area (Å²) >= 11 is 0. The van der Waals surface area contributed by atoms with Crippen molar-refractivity contribution in [1.29, 1.82) is 0 Å². The van der Waals surface area contributed by atoms with Gasteiger partial charge in [0.1, 0.15) is 29.5 Å². The molecule has 15 nitrogen and oxygen atoms in total. The molecule has 0 spiro atoms. The highest BCUT2D eigenvalue weighted by Crippen LogP contribution is 2.48. The van der Waals surface area contributed by atoms with Crippen molar-refractivity contribution in [3.05, 3.63) is 35.9 Å². The van der Waals surface area contributed by atoms with Crippen LogP contribution in [0.15, 0.2) is 30.4 Å². The summed E-state index contributed by atoms with van der Waals surface area (Å²) in [5.74, 6) is -1.44. The molecular formula is C39H51N5O10S. The van der Waals surface area contributed by atoms with Gasteiger partial charge in [-0.2, -0.15) is 4.98 Å². The molecule has 298 valence electrons. The van der Waals surface area contributed by atoms with Crippen molar-refractivity contribution in [3.63, 3.8) is 0 Å². The van der Waals surface area contributed by atoms with Gasteiger partial charge in [0, 0.05) is 23.3 Å². The number of nitrogens with one attached hydrogen (secondary N) is 3. The number of hydrogen-bond acceptors (Lipinski definition) is 10. The number of aryl methyl sites for hydroxylation is 1. The molecule has 7 atom stereocenters. The first-order valence-electron chi connectivity index (χ1n) is 19.3. The van der Waals surface area contributed by atoms with Crippen molar-refractivity contribution < 1.29 is 46.9 Å². The maximum Gasteiger partial charge on any atom is 0.405 e. The monoisotopic (exact) mass is 781 g/mol. The predicted octanol–water partition coefficient (Wildman–Crippen LogP) is 3.83. The second-order valence-corrected chi connectivity index (χ2v) is 18.3. The van der Waals surface area contributed by atoms with Crippen LogP contribution in [0.3, 0.4) is 0 Å². The van der Waals surface area contributed by atoms with Crippen LogP contribution in [0.1, 0.15) is 84.1 Å². The van der Waals surface area contributed by atoms with Crippen LogP contribution in [-0.4, -0.2) is 96.0 Å². The maximum atomic E-state index is 14.6. The largest absolute Gasteiger partial charge is 0.497 e. The number of amides is 4. The number of hydrogen-bond donors (Lipinski definition) is 4. The smallest absolute Gasteiger partial charge is 0.405 e. The minimum Gasteiger partial charge on any atom is -0.497 e. The number of sulfonamides is 1. The molecule has 1 aromatic carbocycles. The van der Waals surface area contributed by atoms with Crippen molar-refractivity contribution in [2.75, 3.05) is 20.3 Å². The molecule has 16 heteroatoms. The summed E-state index contributed by atoms with van der Waals surface area (Å²) in [7, 11) is -2.43. The van der Waals surface area contributed by atoms with Crippen LogP contribution in [-0.2, 0) is 30.8 Å². The number of allylic oxidation sites excluding steroid dienone is 1. The van der Waals surface area contributed by atoms with Crippen LogP contribution >= 0.6 is 0 Å². The highest BCUT2D eigenvalue weighted by molar-refractivity contribution is 7.91. The second kappa shape index (κ2) is 14.8. The molecule has 4 heterocycles. The molecule has 55 heavy (non-hydrogen) atoms. The standard InChI is InChI=1S/C39H51N5O10S/c1-5-23-17-22(2)9-6-7-10-24-20-39(24,36(47)43-55(50,51)38(3)14-15-38)42-32(45)30-19-26(21-44(30)35(46)31(23)40-37(48)49)54-34-28-13-12-25(52-4)18-29(28)27-11-8-16-53-33(27)41-34/h7,10,12-13,18,22-24,26,30-31,40H,5-6,8-9,11,14-17,19-21H2,1-4H3,(H,42,45)(H,43,47)(H,48,49)/t22-,23-,24-,26-,30+,31+,39-/m1/s1. The Morgan fingerprint density at radius 2 is 1.96 bits per heavy atom. The minimum atomic E-state index is -4.01. The van der Waals surface area contributed by atoms with Gasteiger partial charge in [-0.25, -0.2) is 13.2 Å². The summed E-state index contributed by atoms with van der Waals surface area (Å²) < 4.78 is 45.6. The molecule has 2 saturated carbocycles. The molecule has 1 saturated heterocycles. The number of nitrogens with zero attached hydrogens (tertiary/aromatic N) is 2. The molecule has 0 radical (unpaired) electrons. The lowest BCUT2D eigenvalue weighted by Crippen LogP contribution is -2.59. The molecule has 2 aromatic rings. The normalized spacial score (nSPS) is 30.3. The molecule has 0 bridgehead atoms. The molecule has 7 rings (SSSR count). The van der Waals surface area contributed by atoms with E-state index in [9.17, 15) is 32.7 Å². The van der Waals surface area contributed by atoms with Crippen LogP contribution in [0.2, 0.25) is 0 Å². The van der Waals surface area contributed by atoms with Crippen molar-refractivity contribution >= 4 is 44.6 Å². The van der Waals surface area contributed by atoms with Crippen molar-refractivity contribution in [3.8, 4) is 17.5 Å². The van der Waals surface area contributed by atoms with E-state index in [1.54, 1.807) is 20.1 Å². The lowest BCUT2D eigenvalue weighted by atomic mass is 9.85. The fourth-order valence-electron chi connectivity index (χ4n) is 8.40. The number of fused-ring (bicyclic) bond motifs is 5. The Morgan fingerprint density at radius 3 is 2.67 bits per heavy atom. The minimum absolute atomic E-state index is 0.00357. The zero-order valence-electron chi connectivity index (χ0n) is 31.8. The topological polar surface area (TPSA) is 203 Å². The zero-order chi connectivity index (χ0) is 39.3. The second-order valence-electron chi connectivity index (χ2n) is 16.1. The summed E-state index contributed by atoms with van der Waals surface area (Å²) in [6.45, 7) is 5.96. The Bertz CT molecular complexity index is 2020. The third kappa shape index (κ3) is 7.53. The number of aromatic nitrogens is 1. The van der Waals surface area contributed by atoms with Gasteiger partial charge in [-0.15, -0.1) is 0 Å². The number of ether oxygens (including phenoxy) is 3. The number of benzene rings is 1. The Morgan fingerprint density at radius 1 is 1.18 bits per heavy atom. The van der Waals surface area contributed by atoms with Gasteiger partial charge in [0.15, 0.2) is 0 Å². The summed E-state index contributed by atoms with van der Waals surface area (Å²) in [4.78, 5) is 61.3. The van der Waals surface area contributed by atoms with E-state index < -0.39 is 68.2 Å². The summed E-state index contributed by atoms with van der Waals surface area (Å²) in [6, 6.07) is 3.21. The van der Waals surface area contributed by atoms with E-state index in [-0.39, 0.29) is 37.1 Å². The third-order valence-electron chi connectivity index (χ3n) is 12.2. The van der Waals surface area contributed by atoms with E-state index in [0.717, 1.165) is 30.2 Å². The van der Waals surface area contributed by atoms with Gasteiger partial charge in [0.25, 0.3) is 5.91 Å². The van der Waals surface area contributed by atoms with E-state index in [1.807, 2.05) is 31.2 Å². The number of rotatable bonds is 8. The average Bonchev–Trinajstić information content (AvgIpc) is 4.04. The van der Waals surface area contributed by atoms with Crippen molar-refractivity contribution in [1.82, 2.24) is 25.2 Å². The first-order chi connectivity index (χ1) is 26.2. The van der Waals surface area contributed by atoms with E-state index in [0.29, 0.717) is 55.7 Å². The number of carbonyl (C=O) groups excluding carboxylic acids is 3. The van der Waals surface area contributed by atoms with Gasteiger partial charge >= 0.3 is 6.09 Å². The van der Waals surface area contributed by atoms with Gasteiger partial charge in [-0.1, -0.05) is 32.4 Å². The van der Waals surface area contributed by atoms with E-state index in [4.69, 9.17) is 19.2 Å². The summed E-state index contributed by atoms with van der Waals surface area (Å²) in [5.41, 5.74) is -0.624. The molecule has 2 aliphatic carbocycles. The fraction of sp³-hybridized carbons (Fsp3) is 0.615. The van der Waals surface area contributed by atoms with Gasteiger partial charge in [0.2, 0.25) is 33.6 Å². The first-order valence-corrected chi connectivity index (χ1v) is 20.8. The fourth-order valence-corrected chi connectivity index (χ4v) is 9.71. The quantitative estimate of drug-likeness (QED) is 0.284. The average molecular weight is 782 g/mol. The van der Waals surface area contributed by atoms with Crippen molar-refractivity contribution in [2.45, 2.75) is 113 Å². The lowest BCUT2D eigenvalue weighted by molar-refractivity contribution is -0.142. The predicted molar refractivity (Wildman–Crippen MR) is 201 cm³/mol. The Hall–Kier alpha value is -4.60. The number of carboxylic acid groups (broad SMARTS) is 1. The molecule has 5 aliphatic rings. The Labute approximate surface area is 321 Å². The SMILES string of the molecule is CC[C@@H]1C[C@H](C)CCC=C[C@@H]2C[C@@]2(C(=O)NS(=O)(=O)C2(C)CC2)NC(=O)[C@@H]2C[C@@H](Oc3nc4c(c5cc(OC)ccc35)CCCO4)CN2C(=O)[C@H]1NC(=O)O. The number of pyridine rings is 1. The molecule has 4 amide bonds. The third-order valence-corrected chi connectivity index (χ3v) is 14.4. The van der Waals surface area contributed by atoms with Crippen LogP contribution in [0.25, 0.3) is 10.8 Å². The molecular weight excluding hydrogens is 731 g/mol. The molecule has 0 unspecified atom stereocenters. The maximum absolute atomic E-state index is 14.6. The number of methoxy groups -OCH3 is 1. The van der Waals surface area contributed by atoms with Gasteiger partial charge < -0.3 is 34.9 Å². The van der Waals surface area contributed by atoms with Crippen LogP contribution in [0.4, 0.5) is 4.79 Å². The molecule has 3 aliphatic heterocycles. The van der Waals surface area contributed by atoms with Crippen molar-refractivity contribution in [2.24, 2.45) is 17.8 Å². The first kappa shape index (κ1) is 38.7. The zero-order valence-corrected chi connectivity index (χ0v) is 32.6. The van der Waals surface area contributed by atoms with Crippen LogP contribution in [0, 0.1) is 17.8 Å². The van der Waals surface area contributed by atoms with Crippen LogP contribution < -0.4 is 29.6 Å². The van der Waals surface area contributed by atoms with E-state index >= 15 is 0 Å². The summed E-state index contributed by atoms with van der Waals surface area (Å²) in [5, 5.41) is 16.8. The Kier molecular flexibility index (Phi) is 10.4. The van der Waals surface area contributed by atoms with E-state index in [1.165, 1.54) is 4.90 Å². The van der Waals surface area contributed by atoms with Gasteiger partial charge in [-0.3, -0.25) is 19.1 Å². The Balaban J connectivity index is 1.25.